The average molecular weight is 511 g/mol. The zero-order valence-corrected chi connectivity index (χ0v) is 13.3. The first-order valence-electron chi connectivity index (χ1n) is 0. The summed E-state index contributed by atoms with van der Waals surface area (Å²) >= 11 is 0. The third kappa shape index (κ3) is 9.57. The van der Waals surface area contributed by atoms with Gasteiger partial charge < -0.3 is 0 Å². The van der Waals surface area contributed by atoms with E-state index in [0.29, 0.717) is 0 Å². The third-order valence-electron chi connectivity index (χ3n) is 0. The fourth-order valence-electron chi connectivity index (χ4n) is 0. The van der Waals surface area contributed by atoms with E-state index in [1.165, 1.54) is 0 Å². The van der Waals surface area contributed by atoms with E-state index in [-0.39, 0.29) is 130 Å². The van der Waals surface area contributed by atoms with Crippen LogP contribution in [0.5, 0.6) is 0 Å². The molecule has 0 spiro atoms. The van der Waals surface area contributed by atoms with Gasteiger partial charge in [-0.1, -0.05) is 0 Å². The van der Waals surface area contributed by atoms with Crippen LogP contribution < -0.4 is 0 Å². The molecule has 0 nitrogen and oxygen atoms in total. The molecule has 0 aliphatic carbocycles. The van der Waals surface area contributed by atoms with Crippen molar-refractivity contribution < 1.29 is 130 Å². The molecular formula is CeThTiZr. The van der Waals surface area contributed by atoms with Gasteiger partial charge in [-0.25, -0.2) is 0 Å². The standard InChI is InChI=1S/Ce.Th.Ti.Zr. The topological polar surface area (TPSA) is 0 Å². The van der Waals surface area contributed by atoms with Gasteiger partial charge in [0.2, 0.25) is 0 Å². The molecule has 0 aromatic carbocycles. The summed E-state index contributed by atoms with van der Waals surface area (Å²) in [6.07, 6.45) is 0. The minimum absolute atomic E-state index is 0. The van der Waals surface area contributed by atoms with Crippen molar-refractivity contribution in [3.8, 4) is 0 Å². The van der Waals surface area contributed by atoms with Crippen molar-refractivity contribution >= 4 is 0 Å². The van der Waals surface area contributed by atoms with Crippen molar-refractivity contribution in [2.75, 3.05) is 0 Å². The van der Waals surface area contributed by atoms with Crippen LogP contribution in [0.4, 0.5) is 0 Å². The Balaban J connectivity index is 0. The second-order valence-electron chi connectivity index (χ2n) is 0. The number of hydrogen-bond acceptors (Lipinski definition) is 0. The van der Waals surface area contributed by atoms with Crippen molar-refractivity contribution in [2.24, 2.45) is 0 Å². The molecule has 0 aliphatic heterocycles. The van der Waals surface area contributed by atoms with E-state index in [9.17, 15) is 0 Å². The predicted octanol–water partition coefficient (Wildman–Crippen LogP) is -0.00500. The van der Waals surface area contributed by atoms with Crippen molar-refractivity contribution in [1.82, 2.24) is 0 Å². The summed E-state index contributed by atoms with van der Waals surface area (Å²) in [6, 6.07) is 0. The average Bonchev–Trinajstić information content (AvgIpc) is 0. The molecule has 0 amide bonds. The first-order valence-corrected chi connectivity index (χ1v) is 0. The van der Waals surface area contributed by atoms with E-state index in [4.69, 9.17) is 0 Å². The monoisotopic (exact) mass is 510 g/mol. The van der Waals surface area contributed by atoms with Crippen LogP contribution in [-0.4, -0.2) is 0 Å². The first-order chi connectivity index (χ1) is 0. The Kier molecular flexibility index (Phi) is 93.7. The summed E-state index contributed by atoms with van der Waals surface area (Å²) in [4.78, 5) is 0. The zero-order valence-electron chi connectivity index (χ0n) is 2.00. The molecule has 0 aromatic heterocycles. The molecule has 0 atom stereocenters. The summed E-state index contributed by atoms with van der Waals surface area (Å²) < 4.78 is 0. The SMILES string of the molecule is [Ce].[Th].[Ti].[Zr]. The fourth-order valence-corrected chi connectivity index (χ4v) is 0. The van der Waals surface area contributed by atoms with Crippen LogP contribution in [0.3, 0.4) is 0 Å². The Hall–Kier alpha value is 4.30. The molecule has 0 fully saturated rings. The van der Waals surface area contributed by atoms with Crippen LogP contribution in [0.2, 0.25) is 0 Å². The normalized spacial score (nSPS) is 0. The summed E-state index contributed by atoms with van der Waals surface area (Å²) in [6.45, 7) is 0. The van der Waals surface area contributed by atoms with Gasteiger partial charge >= 0.3 is 0 Å². The zero-order chi connectivity index (χ0) is 0. The second-order valence-corrected chi connectivity index (χ2v) is 0. The summed E-state index contributed by atoms with van der Waals surface area (Å²) in [5, 5.41) is 0. The maximum Gasteiger partial charge on any atom is 0 e. The van der Waals surface area contributed by atoms with Crippen molar-refractivity contribution in [2.45, 2.75) is 0 Å². The molecule has 16 valence electrons. The van der Waals surface area contributed by atoms with Gasteiger partial charge in [0, 0.05) is 130 Å². The van der Waals surface area contributed by atoms with Gasteiger partial charge in [-0.3, -0.25) is 0 Å². The maximum absolute atomic E-state index is 0. The number of hydrogen-bond donors (Lipinski definition) is 0. The second kappa shape index (κ2) is 15.7. The fraction of sp³-hybridized carbons (Fsp3) is 0. The Bertz CT molecular complexity index is 8.00. The van der Waals surface area contributed by atoms with Crippen molar-refractivity contribution in [1.29, 1.82) is 0 Å². The maximum atomic E-state index is 0. The van der Waals surface area contributed by atoms with Gasteiger partial charge in [0.25, 0.3) is 0 Å². The first kappa shape index (κ1) is 23.9. The summed E-state index contributed by atoms with van der Waals surface area (Å²) in [7, 11) is 0. The van der Waals surface area contributed by atoms with Crippen LogP contribution in [0.15, 0.2) is 0 Å². The van der Waals surface area contributed by atoms with E-state index in [2.05, 4.69) is 0 Å². The van der Waals surface area contributed by atoms with Crippen LogP contribution in [0.25, 0.3) is 0 Å². The molecule has 4 heteroatoms. The van der Waals surface area contributed by atoms with Gasteiger partial charge in [0.05, 0.1) is 0 Å². The largest absolute Gasteiger partial charge is 0 e. The molecule has 0 saturated carbocycles. The van der Waals surface area contributed by atoms with Gasteiger partial charge in [0.15, 0.2) is 0 Å². The number of rotatable bonds is 0. The Morgan fingerprint density at radius 2 is 1.00 bits per heavy atom. The Morgan fingerprint density at radius 3 is 1.00 bits per heavy atom. The Morgan fingerprint density at radius 1 is 1.00 bits per heavy atom. The quantitative estimate of drug-likeness (QED) is 0.402. The van der Waals surface area contributed by atoms with Crippen LogP contribution in [0.1, 0.15) is 0 Å². The van der Waals surface area contributed by atoms with Crippen LogP contribution in [0, 0.1) is 81.7 Å². The van der Waals surface area contributed by atoms with Gasteiger partial charge in [-0.05, 0) is 0 Å². The Labute approximate surface area is 126 Å². The molecule has 0 unspecified atom stereocenters. The van der Waals surface area contributed by atoms with E-state index < -0.39 is 0 Å². The molecule has 0 radical (unpaired) electrons. The molecule has 0 bridgehead atoms. The van der Waals surface area contributed by atoms with E-state index in [1.807, 2.05) is 0 Å². The molecule has 0 N–H and O–H groups in total. The minimum Gasteiger partial charge on any atom is 0 e. The summed E-state index contributed by atoms with van der Waals surface area (Å²) in [5.74, 6) is 0. The van der Waals surface area contributed by atoms with Crippen LogP contribution >= 0.6 is 0 Å². The molecule has 0 aromatic rings. The molecule has 4 heavy (non-hydrogen) atoms. The van der Waals surface area contributed by atoms with Gasteiger partial charge in [-0.2, -0.15) is 0 Å². The third-order valence-corrected chi connectivity index (χ3v) is 0. The summed E-state index contributed by atoms with van der Waals surface area (Å²) in [5.41, 5.74) is 0. The molecular weight excluding hydrogens is 511 g/mol. The molecule has 0 rings (SSSR count). The minimum atomic E-state index is 0. The van der Waals surface area contributed by atoms with E-state index in [1.54, 1.807) is 0 Å². The van der Waals surface area contributed by atoms with E-state index >= 15 is 0 Å². The van der Waals surface area contributed by atoms with E-state index in [0.717, 1.165) is 0 Å². The molecule has 0 aliphatic rings. The van der Waals surface area contributed by atoms with Gasteiger partial charge in [0.1, 0.15) is 0 Å². The van der Waals surface area contributed by atoms with Gasteiger partial charge in [-0.15, -0.1) is 0 Å². The predicted molar refractivity (Wildman–Crippen MR) is 0 cm³/mol. The van der Waals surface area contributed by atoms with Crippen molar-refractivity contribution in [3.05, 3.63) is 0 Å². The van der Waals surface area contributed by atoms with Crippen LogP contribution in [-0.2, 0) is 47.9 Å². The molecule has 0 saturated heterocycles. The van der Waals surface area contributed by atoms with Crippen molar-refractivity contribution in [3.63, 3.8) is 0 Å². The molecule has 0 heterocycles. The smallest absolute Gasteiger partial charge is 0 e.